The summed E-state index contributed by atoms with van der Waals surface area (Å²) in [6.45, 7) is 12.5. The molecule has 4 saturated carbocycles. The van der Waals surface area contributed by atoms with E-state index in [-0.39, 0.29) is 0 Å². The van der Waals surface area contributed by atoms with Gasteiger partial charge >= 0.3 is 0 Å². The van der Waals surface area contributed by atoms with Crippen molar-refractivity contribution in [3.8, 4) is 0 Å². The Hall–Kier alpha value is -0.300. The molecule has 114 valence electrons. The first-order valence-corrected chi connectivity index (χ1v) is 8.77. The molecule has 0 spiro atoms. The molecule has 4 fully saturated rings. The molecule has 0 aromatic carbocycles. The predicted molar refractivity (Wildman–Crippen MR) is 86.7 cm³/mol. The highest BCUT2D eigenvalue weighted by Gasteiger charge is 2.61. The molecular weight excluding hydrogens is 242 g/mol. The molecule has 4 bridgehead atoms. The minimum atomic E-state index is 0.585. The third-order valence-electron chi connectivity index (χ3n) is 6.52. The minimum Gasteiger partial charge on any atom is -0.314 e. The maximum atomic E-state index is 3.94. The Bertz CT molecular complexity index is 367. The highest BCUT2D eigenvalue weighted by molar-refractivity contribution is 5.13. The highest BCUT2D eigenvalue weighted by atomic mass is 14.9. The van der Waals surface area contributed by atoms with Crippen LogP contribution in [0.3, 0.4) is 0 Å². The van der Waals surface area contributed by atoms with Crippen molar-refractivity contribution in [1.82, 2.24) is 5.32 Å². The molecule has 3 unspecified atom stereocenters. The number of nitrogens with one attached hydrogen (secondary N) is 1. The molecule has 4 aliphatic rings. The van der Waals surface area contributed by atoms with E-state index in [9.17, 15) is 0 Å². The van der Waals surface area contributed by atoms with Crippen LogP contribution in [0.5, 0.6) is 0 Å². The van der Waals surface area contributed by atoms with E-state index in [2.05, 4.69) is 38.7 Å². The molecule has 1 nitrogen and oxygen atoms in total. The first kappa shape index (κ1) is 14.6. The van der Waals surface area contributed by atoms with Crippen molar-refractivity contribution in [2.24, 2.45) is 22.2 Å². The van der Waals surface area contributed by atoms with Crippen LogP contribution < -0.4 is 5.32 Å². The summed E-state index contributed by atoms with van der Waals surface area (Å²) in [5, 5.41) is 3.86. The fourth-order valence-corrected chi connectivity index (χ4v) is 7.08. The van der Waals surface area contributed by atoms with Crippen molar-refractivity contribution in [3.05, 3.63) is 12.7 Å². The van der Waals surface area contributed by atoms with Gasteiger partial charge in [-0.25, -0.2) is 0 Å². The summed E-state index contributed by atoms with van der Waals surface area (Å²) in [6.07, 6.45) is 13.5. The molecule has 1 N–H and O–H groups in total. The number of allylic oxidation sites excluding steroid dienone is 1. The zero-order valence-corrected chi connectivity index (χ0v) is 13.8. The van der Waals surface area contributed by atoms with E-state index in [1.165, 1.54) is 44.9 Å². The third-order valence-corrected chi connectivity index (χ3v) is 6.52. The topological polar surface area (TPSA) is 12.0 Å². The Morgan fingerprint density at radius 3 is 2.30 bits per heavy atom. The summed E-state index contributed by atoms with van der Waals surface area (Å²) in [6, 6.07) is 0.715. The Balaban J connectivity index is 1.87. The van der Waals surface area contributed by atoms with Gasteiger partial charge in [0.25, 0.3) is 0 Å². The van der Waals surface area contributed by atoms with E-state index in [1.807, 2.05) is 0 Å². The molecule has 1 heteroatoms. The van der Waals surface area contributed by atoms with Crippen molar-refractivity contribution in [3.63, 3.8) is 0 Å². The van der Waals surface area contributed by atoms with Crippen LogP contribution in [0.25, 0.3) is 0 Å². The molecule has 0 heterocycles. The normalized spacial score (nSPS) is 47.5. The molecule has 0 saturated heterocycles. The van der Waals surface area contributed by atoms with Gasteiger partial charge < -0.3 is 5.32 Å². The maximum absolute atomic E-state index is 3.94. The second kappa shape index (κ2) is 4.87. The van der Waals surface area contributed by atoms with E-state index in [0.29, 0.717) is 22.3 Å². The van der Waals surface area contributed by atoms with E-state index < -0.39 is 0 Å². The Morgan fingerprint density at radius 2 is 1.80 bits per heavy atom. The van der Waals surface area contributed by atoms with Crippen molar-refractivity contribution in [2.45, 2.75) is 78.2 Å². The summed E-state index contributed by atoms with van der Waals surface area (Å²) in [5.41, 5.74) is 1.86. The van der Waals surface area contributed by atoms with Crippen molar-refractivity contribution < 1.29 is 0 Å². The van der Waals surface area contributed by atoms with Crippen LogP contribution in [0.1, 0.15) is 72.1 Å². The van der Waals surface area contributed by atoms with Crippen LogP contribution in [0.15, 0.2) is 12.7 Å². The van der Waals surface area contributed by atoms with Crippen LogP contribution in [-0.4, -0.2) is 12.6 Å². The Morgan fingerprint density at radius 1 is 1.15 bits per heavy atom. The summed E-state index contributed by atoms with van der Waals surface area (Å²) in [5.74, 6) is 1.01. The second-order valence-corrected chi connectivity index (χ2v) is 8.97. The lowest BCUT2D eigenvalue weighted by atomic mass is 9.39. The monoisotopic (exact) mass is 275 g/mol. The molecule has 0 radical (unpaired) electrons. The van der Waals surface area contributed by atoms with E-state index in [0.717, 1.165) is 18.9 Å². The number of hydrogen-bond acceptors (Lipinski definition) is 1. The standard InChI is InChI=1S/C19H33N/c1-5-7-8-16(20-6-2)19-11-15-9-17(3,13-19)12-18(4,10-15)14-19/h5,15-16,20H,1,6-14H2,2-4H3. The van der Waals surface area contributed by atoms with Gasteiger partial charge in [-0.3, -0.25) is 0 Å². The molecule has 4 rings (SSSR count). The van der Waals surface area contributed by atoms with Gasteiger partial charge in [0.15, 0.2) is 0 Å². The van der Waals surface area contributed by atoms with E-state index >= 15 is 0 Å². The lowest BCUT2D eigenvalue weighted by Crippen LogP contribution is -2.61. The van der Waals surface area contributed by atoms with Crippen LogP contribution in [0, 0.1) is 22.2 Å². The molecule has 3 atom stereocenters. The largest absolute Gasteiger partial charge is 0.314 e. The molecular formula is C19H33N. The minimum absolute atomic E-state index is 0.585. The summed E-state index contributed by atoms with van der Waals surface area (Å²) in [4.78, 5) is 0. The fraction of sp³-hybridized carbons (Fsp3) is 0.895. The second-order valence-electron chi connectivity index (χ2n) is 8.97. The summed E-state index contributed by atoms with van der Waals surface area (Å²) in [7, 11) is 0. The van der Waals surface area contributed by atoms with Crippen LogP contribution in [0.4, 0.5) is 0 Å². The zero-order valence-electron chi connectivity index (χ0n) is 13.8. The smallest absolute Gasteiger partial charge is 0.0127 e. The lowest BCUT2D eigenvalue weighted by molar-refractivity contribution is -0.158. The lowest BCUT2D eigenvalue weighted by Gasteiger charge is -2.67. The molecule has 0 aromatic heterocycles. The Labute approximate surface area is 125 Å². The Kier molecular flexibility index (Phi) is 3.56. The van der Waals surface area contributed by atoms with Crippen molar-refractivity contribution in [1.29, 1.82) is 0 Å². The van der Waals surface area contributed by atoms with Crippen molar-refractivity contribution in [2.75, 3.05) is 6.54 Å². The molecule has 0 aromatic rings. The quantitative estimate of drug-likeness (QED) is 0.678. The molecule has 20 heavy (non-hydrogen) atoms. The number of rotatable bonds is 6. The first-order chi connectivity index (χ1) is 9.43. The average Bonchev–Trinajstić information content (AvgIpc) is 2.29. The van der Waals surface area contributed by atoms with Crippen LogP contribution in [-0.2, 0) is 0 Å². The van der Waals surface area contributed by atoms with E-state index in [4.69, 9.17) is 0 Å². The van der Waals surface area contributed by atoms with Gasteiger partial charge in [0, 0.05) is 6.04 Å². The molecule has 0 amide bonds. The van der Waals surface area contributed by atoms with Gasteiger partial charge in [0.2, 0.25) is 0 Å². The maximum Gasteiger partial charge on any atom is 0.0127 e. The zero-order chi connectivity index (χ0) is 14.4. The van der Waals surface area contributed by atoms with Gasteiger partial charge in [-0.2, -0.15) is 0 Å². The molecule has 0 aliphatic heterocycles. The van der Waals surface area contributed by atoms with Gasteiger partial charge in [0.05, 0.1) is 0 Å². The van der Waals surface area contributed by atoms with Gasteiger partial charge in [-0.1, -0.05) is 26.8 Å². The van der Waals surface area contributed by atoms with Crippen molar-refractivity contribution >= 4 is 0 Å². The summed E-state index contributed by atoms with van der Waals surface area (Å²) >= 11 is 0. The number of hydrogen-bond donors (Lipinski definition) is 1. The fourth-order valence-electron chi connectivity index (χ4n) is 7.08. The SMILES string of the molecule is C=CCCC(NCC)C12CC3CC(C)(CC(C)(C3)C1)C2. The van der Waals surface area contributed by atoms with Gasteiger partial charge in [-0.05, 0) is 80.1 Å². The molecule has 4 aliphatic carbocycles. The van der Waals surface area contributed by atoms with Crippen LogP contribution >= 0.6 is 0 Å². The summed E-state index contributed by atoms with van der Waals surface area (Å²) < 4.78 is 0. The average molecular weight is 275 g/mol. The van der Waals surface area contributed by atoms with E-state index in [1.54, 1.807) is 0 Å². The highest BCUT2D eigenvalue weighted by Crippen LogP contribution is 2.70. The van der Waals surface area contributed by atoms with Gasteiger partial charge in [-0.15, -0.1) is 6.58 Å². The van der Waals surface area contributed by atoms with Gasteiger partial charge in [0.1, 0.15) is 0 Å². The third kappa shape index (κ3) is 2.36. The predicted octanol–water partition coefficient (Wildman–Crippen LogP) is 4.93. The van der Waals surface area contributed by atoms with Crippen LogP contribution in [0.2, 0.25) is 0 Å². The first-order valence-electron chi connectivity index (χ1n) is 8.77.